The fraction of sp³-hybridized carbons (Fsp3) is 0.364. The summed E-state index contributed by atoms with van der Waals surface area (Å²) in [6, 6.07) is 5.54. The topological polar surface area (TPSA) is 63.8 Å². The Labute approximate surface area is 93.8 Å². The number of aliphatic hydroxyl groups is 1. The van der Waals surface area contributed by atoms with E-state index in [4.69, 9.17) is 0 Å². The molecule has 2 aromatic rings. The van der Waals surface area contributed by atoms with Gasteiger partial charge in [-0.15, -0.1) is 10.2 Å². The Hall–Kier alpha value is -1.75. The van der Waals surface area contributed by atoms with Crippen molar-refractivity contribution in [2.24, 2.45) is 0 Å². The van der Waals surface area contributed by atoms with Crippen molar-refractivity contribution in [1.29, 1.82) is 0 Å². The van der Waals surface area contributed by atoms with Crippen LogP contribution in [-0.4, -0.2) is 31.0 Å². The highest BCUT2D eigenvalue weighted by atomic mass is 16.3. The van der Waals surface area contributed by atoms with Gasteiger partial charge in [0, 0.05) is 6.20 Å². The van der Waals surface area contributed by atoms with Gasteiger partial charge < -0.3 is 9.67 Å². The molecule has 16 heavy (non-hydrogen) atoms. The van der Waals surface area contributed by atoms with Gasteiger partial charge in [0.1, 0.15) is 12.0 Å². The number of hydrogen-bond donors (Lipinski definition) is 1. The van der Waals surface area contributed by atoms with E-state index in [0.717, 1.165) is 5.69 Å². The van der Waals surface area contributed by atoms with Crippen LogP contribution in [0.5, 0.6) is 0 Å². The Bertz CT molecular complexity index is 452. The highest BCUT2D eigenvalue weighted by Crippen LogP contribution is 2.19. The Morgan fingerprint density at radius 3 is 2.75 bits per heavy atom. The van der Waals surface area contributed by atoms with Crippen LogP contribution in [0.3, 0.4) is 0 Å². The number of nitrogens with zero attached hydrogens (tertiary/aromatic N) is 4. The average molecular weight is 218 g/mol. The van der Waals surface area contributed by atoms with Crippen LogP contribution < -0.4 is 0 Å². The lowest BCUT2D eigenvalue weighted by atomic mass is 10.2. The smallest absolute Gasteiger partial charge is 0.182 e. The van der Waals surface area contributed by atoms with Crippen molar-refractivity contribution in [3.8, 4) is 11.5 Å². The third kappa shape index (κ3) is 1.94. The first-order valence-electron chi connectivity index (χ1n) is 5.19. The predicted octanol–water partition coefficient (Wildman–Crippen LogP) is 1.28. The Morgan fingerprint density at radius 1 is 1.31 bits per heavy atom. The number of aromatic nitrogens is 4. The van der Waals surface area contributed by atoms with Crippen molar-refractivity contribution in [2.45, 2.75) is 26.0 Å². The summed E-state index contributed by atoms with van der Waals surface area (Å²) < 4.78 is 1.83. The molecule has 0 unspecified atom stereocenters. The van der Waals surface area contributed by atoms with Gasteiger partial charge in [0.2, 0.25) is 0 Å². The number of hydrogen-bond acceptors (Lipinski definition) is 4. The van der Waals surface area contributed by atoms with E-state index in [9.17, 15) is 5.11 Å². The minimum absolute atomic E-state index is 0.0768. The fourth-order valence-electron chi connectivity index (χ4n) is 1.45. The zero-order valence-corrected chi connectivity index (χ0v) is 9.28. The van der Waals surface area contributed by atoms with Gasteiger partial charge >= 0.3 is 0 Å². The van der Waals surface area contributed by atoms with Crippen molar-refractivity contribution in [2.75, 3.05) is 0 Å². The maximum atomic E-state index is 9.57. The first-order valence-corrected chi connectivity index (χ1v) is 5.19. The van der Waals surface area contributed by atoms with Crippen LogP contribution in [0.1, 0.15) is 19.9 Å². The monoisotopic (exact) mass is 218 g/mol. The summed E-state index contributed by atoms with van der Waals surface area (Å²) in [6.45, 7) is 3.66. The van der Waals surface area contributed by atoms with Gasteiger partial charge in [-0.3, -0.25) is 4.98 Å². The number of pyridine rings is 1. The van der Waals surface area contributed by atoms with Gasteiger partial charge in [-0.2, -0.15) is 0 Å². The molecule has 0 aromatic carbocycles. The molecule has 0 spiro atoms. The van der Waals surface area contributed by atoms with Crippen LogP contribution in [-0.2, 0) is 0 Å². The maximum absolute atomic E-state index is 9.57. The van der Waals surface area contributed by atoms with Crippen molar-refractivity contribution in [3.63, 3.8) is 0 Å². The molecule has 0 aliphatic heterocycles. The van der Waals surface area contributed by atoms with E-state index in [1.807, 2.05) is 29.7 Å². The molecule has 0 aliphatic carbocycles. The second kappa shape index (κ2) is 4.40. The van der Waals surface area contributed by atoms with E-state index < -0.39 is 6.10 Å². The van der Waals surface area contributed by atoms with Crippen LogP contribution in [0.4, 0.5) is 0 Å². The highest BCUT2D eigenvalue weighted by molar-refractivity contribution is 5.48. The molecule has 5 heteroatoms. The quantitative estimate of drug-likeness (QED) is 0.843. The summed E-state index contributed by atoms with van der Waals surface area (Å²) >= 11 is 0. The molecule has 0 saturated heterocycles. The minimum atomic E-state index is -0.460. The zero-order chi connectivity index (χ0) is 11.5. The summed E-state index contributed by atoms with van der Waals surface area (Å²) in [5.74, 6) is 0.675. The Balaban J connectivity index is 2.40. The largest absolute Gasteiger partial charge is 0.391 e. The lowest BCUT2D eigenvalue weighted by Gasteiger charge is -2.17. The maximum Gasteiger partial charge on any atom is 0.182 e. The van der Waals surface area contributed by atoms with E-state index in [0.29, 0.717) is 5.82 Å². The summed E-state index contributed by atoms with van der Waals surface area (Å²) in [5, 5.41) is 17.5. The zero-order valence-electron chi connectivity index (χ0n) is 9.28. The first-order chi connectivity index (χ1) is 7.70. The van der Waals surface area contributed by atoms with Crippen molar-refractivity contribution in [1.82, 2.24) is 19.7 Å². The SMILES string of the molecule is C[C@@H](O)[C@H](C)n1cnnc1-c1ccccn1. The number of aliphatic hydroxyl groups excluding tert-OH is 1. The standard InChI is InChI=1S/C11H14N4O/c1-8(9(2)16)15-7-13-14-11(15)10-5-3-4-6-12-10/h3-9,16H,1-2H3/t8-,9+/m0/s1. The molecule has 5 nitrogen and oxygen atoms in total. The van der Waals surface area contributed by atoms with Crippen LogP contribution in [0, 0.1) is 0 Å². The second-order valence-corrected chi connectivity index (χ2v) is 3.76. The predicted molar refractivity (Wildman–Crippen MR) is 59.6 cm³/mol. The van der Waals surface area contributed by atoms with E-state index in [1.54, 1.807) is 19.4 Å². The van der Waals surface area contributed by atoms with Gasteiger partial charge in [-0.25, -0.2) is 0 Å². The minimum Gasteiger partial charge on any atom is -0.391 e. The lowest BCUT2D eigenvalue weighted by molar-refractivity contribution is 0.139. The van der Waals surface area contributed by atoms with Crippen molar-refractivity contribution < 1.29 is 5.11 Å². The van der Waals surface area contributed by atoms with E-state index in [-0.39, 0.29) is 6.04 Å². The van der Waals surface area contributed by atoms with Crippen molar-refractivity contribution >= 4 is 0 Å². The van der Waals surface area contributed by atoms with Gasteiger partial charge in [0.25, 0.3) is 0 Å². The highest BCUT2D eigenvalue weighted by Gasteiger charge is 2.16. The fourth-order valence-corrected chi connectivity index (χ4v) is 1.45. The molecule has 0 radical (unpaired) electrons. The first kappa shape index (κ1) is 10.8. The third-order valence-electron chi connectivity index (χ3n) is 2.60. The van der Waals surface area contributed by atoms with Gasteiger partial charge in [0.05, 0.1) is 12.1 Å². The molecule has 0 amide bonds. The lowest BCUT2D eigenvalue weighted by Crippen LogP contribution is -2.18. The molecule has 0 fully saturated rings. The van der Waals surface area contributed by atoms with E-state index >= 15 is 0 Å². The summed E-state index contributed by atoms with van der Waals surface area (Å²) in [7, 11) is 0. The molecule has 2 atom stereocenters. The molecule has 0 bridgehead atoms. The van der Waals surface area contributed by atoms with E-state index in [1.165, 1.54) is 0 Å². The molecule has 2 heterocycles. The van der Waals surface area contributed by atoms with Crippen LogP contribution in [0.25, 0.3) is 11.5 Å². The van der Waals surface area contributed by atoms with Gasteiger partial charge in [-0.05, 0) is 26.0 Å². The van der Waals surface area contributed by atoms with Crippen LogP contribution in [0.2, 0.25) is 0 Å². The molecule has 1 N–H and O–H groups in total. The average Bonchev–Trinajstić information content (AvgIpc) is 2.77. The Morgan fingerprint density at radius 2 is 2.12 bits per heavy atom. The summed E-state index contributed by atoms with van der Waals surface area (Å²) in [4.78, 5) is 4.22. The van der Waals surface area contributed by atoms with Gasteiger partial charge in [-0.1, -0.05) is 6.07 Å². The molecule has 0 aliphatic rings. The second-order valence-electron chi connectivity index (χ2n) is 3.76. The van der Waals surface area contributed by atoms with Crippen molar-refractivity contribution in [3.05, 3.63) is 30.7 Å². The molecule has 2 aromatic heterocycles. The number of rotatable bonds is 3. The molecule has 2 rings (SSSR count). The summed E-state index contributed by atoms with van der Waals surface area (Å²) in [6.07, 6.45) is 2.86. The van der Waals surface area contributed by atoms with E-state index in [2.05, 4.69) is 15.2 Å². The third-order valence-corrected chi connectivity index (χ3v) is 2.60. The molecular weight excluding hydrogens is 204 g/mol. The normalized spacial score (nSPS) is 14.7. The van der Waals surface area contributed by atoms with Crippen LogP contribution >= 0.6 is 0 Å². The molecule has 0 saturated carbocycles. The van der Waals surface area contributed by atoms with Gasteiger partial charge in [0.15, 0.2) is 5.82 Å². The molecule has 84 valence electrons. The Kier molecular flexibility index (Phi) is 2.96. The molecular formula is C11H14N4O. The van der Waals surface area contributed by atoms with Crippen LogP contribution in [0.15, 0.2) is 30.7 Å². The summed E-state index contributed by atoms with van der Waals surface area (Å²) in [5.41, 5.74) is 0.757.